The second-order valence-corrected chi connectivity index (χ2v) is 8.51. The highest BCUT2D eigenvalue weighted by Gasteiger charge is 2.28. The van der Waals surface area contributed by atoms with Crippen molar-refractivity contribution in [1.82, 2.24) is 20.0 Å². The van der Waals surface area contributed by atoms with Crippen LogP contribution in [-0.4, -0.2) is 39.1 Å². The summed E-state index contributed by atoms with van der Waals surface area (Å²) < 4.78 is 5.55. The normalized spacial score (nSPS) is 14.6. The Kier molecular flexibility index (Phi) is 5.68. The SMILES string of the molecule is O=C(Nc1ccc(Cl)c(Cl)c1)N1CCC(c2nc(-c3cnc4ccccc4c3)no2)CC1. The van der Waals surface area contributed by atoms with Gasteiger partial charge < -0.3 is 14.7 Å². The number of halogens is 2. The summed E-state index contributed by atoms with van der Waals surface area (Å²) in [5, 5.41) is 8.89. The number of carbonyl (C=O) groups is 1. The number of pyridine rings is 1. The number of benzene rings is 2. The third-order valence-electron chi connectivity index (χ3n) is 5.59. The number of fused-ring (bicyclic) bond motifs is 1. The fourth-order valence-corrected chi connectivity index (χ4v) is 4.12. The van der Waals surface area contributed by atoms with E-state index in [4.69, 9.17) is 27.7 Å². The summed E-state index contributed by atoms with van der Waals surface area (Å²) in [6.07, 6.45) is 3.24. The zero-order valence-corrected chi connectivity index (χ0v) is 18.5. The van der Waals surface area contributed by atoms with E-state index in [1.807, 2.05) is 30.3 Å². The number of hydrogen-bond acceptors (Lipinski definition) is 5. The molecule has 0 bridgehead atoms. The highest BCUT2D eigenvalue weighted by Crippen LogP contribution is 2.30. The van der Waals surface area contributed by atoms with Gasteiger partial charge in [0.15, 0.2) is 0 Å². The molecule has 1 N–H and O–H groups in total. The van der Waals surface area contributed by atoms with Crippen molar-refractivity contribution < 1.29 is 9.32 Å². The maximum absolute atomic E-state index is 12.6. The van der Waals surface area contributed by atoms with Crippen LogP contribution < -0.4 is 5.32 Å². The molecule has 162 valence electrons. The highest BCUT2D eigenvalue weighted by molar-refractivity contribution is 6.42. The summed E-state index contributed by atoms with van der Waals surface area (Å²) >= 11 is 11.9. The van der Waals surface area contributed by atoms with Gasteiger partial charge in [0.2, 0.25) is 11.7 Å². The number of hydrogen-bond donors (Lipinski definition) is 1. The molecule has 1 saturated heterocycles. The van der Waals surface area contributed by atoms with E-state index in [0.717, 1.165) is 29.3 Å². The Bertz CT molecular complexity index is 1280. The number of aromatic nitrogens is 3. The van der Waals surface area contributed by atoms with Crippen molar-refractivity contribution in [3.05, 3.63) is 70.7 Å². The summed E-state index contributed by atoms with van der Waals surface area (Å²) in [7, 11) is 0. The second kappa shape index (κ2) is 8.76. The van der Waals surface area contributed by atoms with Crippen molar-refractivity contribution >= 4 is 45.8 Å². The largest absolute Gasteiger partial charge is 0.339 e. The van der Waals surface area contributed by atoms with E-state index in [1.165, 1.54) is 0 Å². The quantitative estimate of drug-likeness (QED) is 0.399. The number of anilines is 1. The predicted octanol–water partition coefficient (Wildman–Crippen LogP) is 6.00. The molecule has 1 aliphatic rings. The lowest BCUT2D eigenvalue weighted by molar-refractivity contribution is 0.187. The zero-order valence-electron chi connectivity index (χ0n) is 17.0. The van der Waals surface area contributed by atoms with Gasteiger partial charge in [0, 0.05) is 41.8 Å². The van der Waals surface area contributed by atoms with Crippen molar-refractivity contribution in [3.63, 3.8) is 0 Å². The molecular weight excluding hydrogens is 449 g/mol. The van der Waals surface area contributed by atoms with Crippen LogP contribution >= 0.6 is 23.2 Å². The molecule has 2 aromatic heterocycles. The maximum atomic E-state index is 12.6. The molecule has 2 amide bonds. The minimum atomic E-state index is -0.171. The molecule has 5 rings (SSSR count). The van der Waals surface area contributed by atoms with Gasteiger partial charge in [0.05, 0.1) is 15.6 Å². The molecule has 0 radical (unpaired) electrons. The van der Waals surface area contributed by atoms with Crippen molar-refractivity contribution in [3.8, 4) is 11.4 Å². The van der Waals surface area contributed by atoms with E-state index in [1.54, 1.807) is 29.3 Å². The number of piperidine rings is 1. The standard InChI is InChI=1S/C23H19Cl2N5O2/c24-18-6-5-17(12-19(18)25)27-23(31)30-9-7-14(8-10-30)22-28-21(29-32-22)16-11-15-3-1-2-4-20(15)26-13-16/h1-6,11-14H,7-10H2,(H,27,31). The molecule has 0 atom stereocenters. The van der Waals surface area contributed by atoms with Crippen LogP contribution in [-0.2, 0) is 0 Å². The van der Waals surface area contributed by atoms with Gasteiger partial charge >= 0.3 is 6.03 Å². The smallest absolute Gasteiger partial charge is 0.321 e. The van der Waals surface area contributed by atoms with Gasteiger partial charge in [-0.15, -0.1) is 0 Å². The molecule has 4 aromatic rings. The molecule has 3 heterocycles. The maximum Gasteiger partial charge on any atom is 0.321 e. The minimum Gasteiger partial charge on any atom is -0.339 e. The molecule has 9 heteroatoms. The minimum absolute atomic E-state index is 0.110. The Hall–Kier alpha value is -3.16. The van der Waals surface area contributed by atoms with Crippen LogP contribution in [0.15, 0.2) is 59.3 Å². The molecular formula is C23H19Cl2N5O2. The summed E-state index contributed by atoms with van der Waals surface area (Å²) in [5.74, 6) is 1.23. The van der Waals surface area contributed by atoms with Gasteiger partial charge in [-0.2, -0.15) is 4.98 Å². The van der Waals surface area contributed by atoms with Crippen molar-refractivity contribution in [2.24, 2.45) is 0 Å². The summed E-state index contributed by atoms with van der Waals surface area (Å²) in [5.41, 5.74) is 2.35. The first-order valence-corrected chi connectivity index (χ1v) is 11.0. The van der Waals surface area contributed by atoms with Gasteiger partial charge in [0.25, 0.3) is 0 Å². The first-order chi connectivity index (χ1) is 15.6. The monoisotopic (exact) mass is 467 g/mol. The third-order valence-corrected chi connectivity index (χ3v) is 6.33. The van der Waals surface area contributed by atoms with Gasteiger partial charge in [-0.1, -0.05) is 46.6 Å². The number of urea groups is 1. The van der Waals surface area contributed by atoms with Crippen LogP contribution in [0.25, 0.3) is 22.3 Å². The van der Waals surface area contributed by atoms with Gasteiger partial charge in [0.1, 0.15) is 0 Å². The number of para-hydroxylation sites is 1. The van der Waals surface area contributed by atoms with Gasteiger partial charge in [-0.25, -0.2) is 4.79 Å². The van der Waals surface area contributed by atoms with Crippen molar-refractivity contribution in [1.29, 1.82) is 0 Å². The molecule has 0 saturated carbocycles. The first kappa shape index (κ1) is 20.7. The second-order valence-electron chi connectivity index (χ2n) is 7.69. The van der Waals surface area contributed by atoms with E-state index in [2.05, 4.69) is 20.4 Å². The molecule has 1 fully saturated rings. The number of carbonyl (C=O) groups excluding carboxylic acids is 1. The van der Waals surface area contributed by atoms with Crippen LogP contribution in [0.1, 0.15) is 24.7 Å². The van der Waals surface area contributed by atoms with E-state index in [9.17, 15) is 4.79 Å². The third kappa shape index (κ3) is 4.26. The Labute approximate surface area is 194 Å². The average Bonchev–Trinajstić information content (AvgIpc) is 3.32. The highest BCUT2D eigenvalue weighted by atomic mass is 35.5. The number of nitrogens with zero attached hydrogens (tertiary/aromatic N) is 4. The fourth-order valence-electron chi connectivity index (χ4n) is 3.82. The Morgan fingerprint density at radius 1 is 1.06 bits per heavy atom. The molecule has 0 aliphatic carbocycles. The summed E-state index contributed by atoms with van der Waals surface area (Å²) in [4.78, 5) is 23.4. The molecule has 32 heavy (non-hydrogen) atoms. The predicted molar refractivity (Wildman–Crippen MR) is 124 cm³/mol. The van der Waals surface area contributed by atoms with Crippen molar-refractivity contribution in [2.45, 2.75) is 18.8 Å². The topological polar surface area (TPSA) is 84.2 Å². The van der Waals surface area contributed by atoms with E-state index >= 15 is 0 Å². The van der Waals surface area contributed by atoms with E-state index < -0.39 is 0 Å². The zero-order chi connectivity index (χ0) is 22.1. The lowest BCUT2D eigenvalue weighted by Crippen LogP contribution is -2.40. The van der Waals surface area contributed by atoms with Crippen molar-refractivity contribution in [2.75, 3.05) is 18.4 Å². The number of rotatable bonds is 3. The van der Waals surface area contributed by atoms with Crippen LogP contribution in [0.3, 0.4) is 0 Å². The number of likely N-dealkylation sites (tertiary alicyclic amines) is 1. The van der Waals surface area contributed by atoms with Crippen LogP contribution in [0.5, 0.6) is 0 Å². The Balaban J connectivity index is 1.22. The van der Waals surface area contributed by atoms with Gasteiger partial charge in [-0.05, 0) is 43.2 Å². The molecule has 1 aliphatic heterocycles. The lowest BCUT2D eigenvalue weighted by atomic mass is 9.97. The number of amides is 2. The molecule has 2 aromatic carbocycles. The number of nitrogens with one attached hydrogen (secondary N) is 1. The summed E-state index contributed by atoms with van der Waals surface area (Å²) in [6, 6.07) is 14.8. The van der Waals surface area contributed by atoms with Crippen LogP contribution in [0.2, 0.25) is 10.0 Å². The van der Waals surface area contributed by atoms with E-state index in [-0.39, 0.29) is 11.9 Å². The Morgan fingerprint density at radius 2 is 1.88 bits per heavy atom. The van der Waals surface area contributed by atoms with Crippen LogP contribution in [0, 0.1) is 0 Å². The van der Waals surface area contributed by atoms with Crippen LogP contribution in [0.4, 0.5) is 10.5 Å². The van der Waals surface area contributed by atoms with E-state index in [0.29, 0.717) is 40.5 Å². The molecule has 0 unspecified atom stereocenters. The van der Waals surface area contributed by atoms with Gasteiger partial charge in [-0.3, -0.25) is 4.98 Å². The Morgan fingerprint density at radius 3 is 2.69 bits per heavy atom. The summed E-state index contributed by atoms with van der Waals surface area (Å²) in [6.45, 7) is 1.18. The first-order valence-electron chi connectivity index (χ1n) is 10.3. The average molecular weight is 468 g/mol. The fraction of sp³-hybridized carbons (Fsp3) is 0.217. The molecule has 7 nitrogen and oxygen atoms in total. The molecule has 0 spiro atoms. The lowest BCUT2D eigenvalue weighted by Gasteiger charge is -2.30.